The molecule has 5 aromatic rings. The summed E-state index contributed by atoms with van der Waals surface area (Å²) in [4.78, 5) is 44.1. The number of aromatic amines is 1. The Kier molecular flexibility index (Phi) is 12.5. The summed E-state index contributed by atoms with van der Waals surface area (Å²) in [6, 6.07) is 21.1. The van der Waals surface area contributed by atoms with Gasteiger partial charge in [0.05, 0.1) is 71.7 Å². The topological polar surface area (TPSA) is 206 Å². The van der Waals surface area contributed by atoms with Gasteiger partial charge < -0.3 is 43.8 Å². The second-order valence-corrected chi connectivity index (χ2v) is 24.1. The normalized spacial score (nSPS) is 26.8. The molecule has 400 valence electrons. The third kappa shape index (κ3) is 8.74. The lowest BCUT2D eigenvalue weighted by atomic mass is 9.59. The number of fused-ring (bicyclic) bond motifs is 4. The van der Waals surface area contributed by atoms with Gasteiger partial charge in [-0.3, -0.25) is 24.7 Å². The number of carbonyl (C=O) groups is 1. The molecule has 76 heavy (non-hydrogen) atoms. The summed E-state index contributed by atoms with van der Waals surface area (Å²) in [5.41, 5.74) is 6.35. The molecule has 1 spiro atoms. The van der Waals surface area contributed by atoms with Crippen molar-refractivity contribution < 1.29 is 41.8 Å². The van der Waals surface area contributed by atoms with E-state index in [0.717, 1.165) is 61.6 Å². The van der Waals surface area contributed by atoms with Crippen molar-refractivity contribution in [2.75, 3.05) is 80.9 Å². The molecular weight excluding hydrogens is 991 g/mol. The van der Waals surface area contributed by atoms with Gasteiger partial charge in [-0.1, -0.05) is 36.4 Å². The molecule has 1 amide bonds. The molecule has 5 saturated heterocycles. The number of H-pyrrole nitrogens is 1. The molecular formula is C56H65N9O10S. The van der Waals surface area contributed by atoms with Crippen LogP contribution in [0.1, 0.15) is 86.3 Å². The van der Waals surface area contributed by atoms with Gasteiger partial charge in [0.2, 0.25) is 5.88 Å². The Hall–Kier alpha value is -6.29. The predicted octanol–water partition coefficient (Wildman–Crippen LogP) is 7.56. The summed E-state index contributed by atoms with van der Waals surface area (Å²) < 4.78 is 61.5. The van der Waals surface area contributed by atoms with Crippen molar-refractivity contribution in [2.45, 2.75) is 112 Å². The Morgan fingerprint density at radius 2 is 1.74 bits per heavy atom. The van der Waals surface area contributed by atoms with E-state index in [1.807, 2.05) is 30.5 Å². The Bertz CT molecular complexity index is 3220. The summed E-state index contributed by atoms with van der Waals surface area (Å²) in [5.74, 6) is -0.551. The quantitative estimate of drug-likeness (QED) is 0.0862. The van der Waals surface area contributed by atoms with Gasteiger partial charge in [-0.2, -0.15) is 4.98 Å². The lowest BCUT2D eigenvalue weighted by Crippen LogP contribution is -2.62. The Morgan fingerprint density at radius 3 is 2.53 bits per heavy atom. The number of nitrogens with zero attached hydrogens (tertiary/aromatic N) is 6. The van der Waals surface area contributed by atoms with E-state index in [0.29, 0.717) is 81.0 Å². The first-order valence-electron chi connectivity index (χ1n) is 26.9. The number of pyridine rings is 1. The first-order valence-corrected chi connectivity index (χ1v) is 28.4. The maximum absolute atomic E-state index is 14.9. The standard InChI is InChI=1S/C56H65N9O10S/c1-33(2)40-7-4-5-8-41(40)44-9-6-17-62(44)37-25-56(26-37)14-18-61(19-15-56)36-10-11-42(46(22-36)64-45-13-20-71-32-51(45)75-55-48(64)21-35-12-16-57-53(35)59-55)54(66)60-76(69,70)39-23-47(65(67)68)52-49(24-39)74-31-43(58-52)50-27-63(34(3)28-73-50)38-29-72-30-38/h4-5,7-8,10-12,16,21-24,34,37-38,43-45,50-51,58H,1,6,9,13-15,17-20,25-32H2,2-3H3,(H,57,59)(H,60,66)/t34-,43+,44+,45-,50-,51+/m1/s1. The molecule has 2 aromatic heterocycles. The smallest absolute Gasteiger partial charge is 0.297 e. The number of benzene rings is 3. The van der Waals surface area contributed by atoms with E-state index < -0.39 is 43.6 Å². The Labute approximate surface area is 442 Å². The number of carbonyl (C=O) groups excluding carboxylic acids is 1. The van der Waals surface area contributed by atoms with Crippen LogP contribution in [-0.4, -0.2) is 147 Å². The number of piperidine rings is 1. The van der Waals surface area contributed by atoms with Crippen molar-refractivity contribution in [2.24, 2.45) is 5.41 Å². The lowest BCUT2D eigenvalue weighted by molar-refractivity contribution is -0.384. The van der Waals surface area contributed by atoms with E-state index in [-0.39, 0.29) is 53.3 Å². The summed E-state index contributed by atoms with van der Waals surface area (Å²) in [5, 5.41) is 16.8. The van der Waals surface area contributed by atoms with Crippen molar-refractivity contribution in [3.63, 3.8) is 0 Å². The molecule has 8 aliphatic rings. The summed E-state index contributed by atoms with van der Waals surface area (Å²) in [7, 11) is -4.73. The number of rotatable bonds is 11. The number of anilines is 4. The number of ether oxygens (including phenoxy) is 5. The number of hydrogen-bond donors (Lipinski definition) is 3. The minimum absolute atomic E-state index is 0.0128. The van der Waals surface area contributed by atoms with Crippen LogP contribution in [0.15, 0.2) is 84.4 Å². The molecule has 3 N–H and O–H groups in total. The highest BCUT2D eigenvalue weighted by molar-refractivity contribution is 7.90. The summed E-state index contributed by atoms with van der Waals surface area (Å²) in [6.45, 7) is 14.4. The number of likely N-dealkylation sites (tertiary alicyclic amines) is 1. The van der Waals surface area contributed by atoms with Gasteiger partial charge >= 0.3 is 0 Å². The summed E-state index contributed by atoms with van der Waals surface area (Å²) >= 11 is 0. The van der Waals surface area contributed by atoms with Gasteiger partial charge in [-0.15, -0.1) is 0 Å². The van der Waals surface area contributed by atoms with E-state index in [4.69, 9.17) is 28.7 Å². The molecule has 0 radical (unpaired) electrons. The number of nitrogens with one attached hydrogen (secondary N) is 3. The van der Waals surface area contributed by atoms with Crippen LogP contribution in [0.2, 0.25) is 0 Å². The molecule has 6 fully saturated rings. The van der Waals surface area contributed by atoms with Crippen molar-refractivity contribution in [1.29, 1.82) is 0 Å². The minimum atomic E-state index is -4.73. The highest BCUT2D eigenvalue weighted by atomic mass is 32.2. The van der Waals surface area contributed by atoms with E-state index in [9.17, 15) is 23.3 Å². The van der Waals surface area contributed by atoms with Gasteiger partial charge in [0.25, 0.3) is 21.6 Å². The summed E-state index contributed by atoms with van der Waals surface area (Å²) in [6.07, 6.45) is 8.35. The number of aromatic nitrogens is 2. The number of amides is 1. The third-order valence-electron chi connectivity index (χ3n) is 17.7. The monoisotopic (exact) mass is 1060 g/mol. The van der Waals surface area contributed by atoms with Crippen LogP contribution in [-0.2, 0) is 24.2 Å². The number of nitro groups is 1. The molecule has 3 aromatic carbocycles. The van der Waals surface area contributed by atoms with Gasteiger partial charge in [-0.05, 0) is 112 Å². The maximum atomic E-state index is 14.9. The van der Waals surface area contributed by atoms with Crippen LogP contribution in [0.4, 0.5) is 28.4 Å². The van der Waals surface area contributed by atoms with Crippen molar-refractivity contribution in [3.8, 4) is 11.6 Å². The van der Waals surface area contributed by atoms with Gasteiger partial charge in [0.1, 0.15) is 24.0 Å². The predicted molar refractivity (Wildman–Crippen MR) is 286 cm³/mol. The number of allylic oxidation sites excluding steroid dienone is 1. The second kappa shape index (κ2) is 19.3. The van der Waals surface area contributed by atoms with Crippen molar-refractivity contribution in [1.82, 2.24) is 24.5 Å². The van der Waals surface area contributed by atoms with Crippen LogP contribution < -0.4 is 29.3 Å². The average molecular weight is 1060 g/mol. The molecule has 7 aliphatic heterocycles. The number of morpholine rings is 1. The molecule has 6 atom stereocenters. The third-order valence-corrected chi connectivity index (χ3v) is 19.1. The Balaban J connectivity index is 0.780. The number of nitro benzene ring substituents is 1. The fraction of sp³-hybridized carbons (Fsp3) is 0.500. The van der Waals surface area contributed by atoms with Crippen LogP contribution in [0.5, 0.6) is 11.6 Å². The molecule has 13 rings (SSSR count). The molecule has 0 bridgehead atoms. The van der Waals surface area contributed by atoms with E-state index in [1.165, 1.54) is 36.5 Å². The zero-order valence-corrected chi connectivity index (χ0v) is 43.8. The van der Waals surface area contributed by atoms with Crippen LogP contribution >= 0.6 is 0 Å². The van der Waals surface area contributed by atoms with Crippen LogP contribution in [0.25, 0.3) is 16.6 Å². The SMILES string of the molecule is C=C(C)c1ccccc1[C@@H]1CCCN1C1CC2(CCN(c3ccc(C(=O)NS(=O)(=O)c4cc5c(c([N+](=O)[O-])c4)N[C@H]([C@H]4CN(C6COC6)[C@H](C)CO4)CO5)c(N4c5cc6cc[nH]c6nc5O[C@H]5COCC[C@H]54)c3)CC2)C1. The van der Waals surface area contributed by atoms with E-state index in [2.05, 4.69) is 79.3 Å². The highest BCUT2D eigenvalue weighted by Crippen LogP contribution is 2.55. The first-order chi connectivity index (χ1) is 36.8. The zero-order chi connectivity index (χ0) is 52.0. The van der Waals surface area contributed by atoms with Crippen LogP contribution in [0.3, 0.4) is 0 Å². The fourth-order valence-corrected chi connectivity index (χ4v) is 14.6. The number of sulfonamides is 1. The zero-order valence-electron chi connectivity index (χ0n) is 42.9. The second-order valence-electron chi connectivity index (χ2n) is 22.4. The minimum Gasteiger partial charge on any atom is -0.489 e. The average Bonchev–Trinajstić information content (AvgIpc) is 4.21. The fourth-order valence-electron chi connectivity index (χ4n) is 13.6. The van der Waals surface area contributed by atoms with E-state index >= 15 is 0 Å². The maximum Gasteiger partial charge on any atom is 0.297 e. The number of hydrogen-bond acceptors (Lipinski definition) is 16. The van der Waals surface area contributed by atoms with Crippen molar-refractivity contribution in [3.05, 3.63) is 106 Å². The van der Waals surface area contributed by atoms with Crippen LogP contribution in [0, 0.1) is 15.5 Å². The Morgan fingerprint density at radius 1 is 0.908 bits per heavy atom. The molecule has 1 aliphatic carbocycles. The van der Waals surface area contributed by atoms with E-state index in [1.54, 1.807) is 6.07 Å². The highest BCUT2D eigenvalue weighted by Gasteiger charge is 2.51. The lowest BCUT2D eigenvalue weighted by Gasteiger charge is -2.56. The van der Waals surface area contributed by atoms with Crippen molar-refractivity contribution >= 4 is 61.0 Å². The molecule has 19 nitrogen and oxygen atoms in total. The molecule has 9 heterocycles. The largest absolute Gasteiger partial charge is 0.489 e. The molecule has 1 saturated carbocycles. The first kappa shape index (κ1) is 49.3. The van der Waals surface area contributed by atoms with Gasteiger partial charge in [0, 0.05) is 73.8 Å². The molecule has 20 heteroatoms. The molecule has 0 unspecified atom stereocenters. The van der Waals surface area contributed by atoms with Gasteiger partial charge in [-0.25, -0.2) is 13.1 Å². The van der Waals surface area contributed by atoms with Gasteiger partial charge in [0.15, 0.2) is 11.4 Å².